The van der Waals surface area contributed by atoms with E-state index in [1.807, 2.05) is 0 Å². The highest BCUT2D eigenvalue weighted by atomic mass is 16.5. The lowest BCUT2D eigenvalue weighted by Gasteiger charge is -2.30. The van der Waals surface area contributed by atoms with E-state index >= 15 is 0 Å². The Morgan fingerprint density at radius 3 is 3.08 bits per heavy atom. The van der Waals surface area contributed by atoms with E-state index in [1.165, 1.54) is 7.11 Å². The number of nitrogens with zero attached hydrogens (tertiary/aromatic N) is 4. The van der Waals surface area contributed by atoms with Gasteiger partial charge in [0.05, 0.1) is 25.2 Å². The number of methoxy groups -OCH3 is 1. The molecule has 0 aliphatic carbocycles. The second-order valence-electron chi connectivity index (χ2n) is 6.09. The molecular formula is C16H19N7O2. The number of aromatic nitrogens is 5. The molecule has 0 aromatic carbocycles. The minimum Gasteiger partial charge on any atom is -0.468 e. The molecule has 9 heteroatoms. The fraction of sp³-hybridized carbons (Fsp3) is 0.375. The molecule has 4 N–H and O–H groups in total. The van der Waals surface area contributed by atoms with Crippen LogP contribution in [0.4, 0.5) is 5.82 Å². The number of nitrogen functional groups attached to an aromatic ring is 1. The lowest BCUT2D eigenvalue weighted by molar-refractivity contribution is -0.144. The second-order valence-corrected chi connectivity index (χ2v) is 6.09. The molecular weight excluding hydrogens is 322 g/mol. The summed E-state index contributed by atoms with van der Waals surface area (Å²) in [6.07, 6.45) is 7.00. The molecule has 1 fully saturated rings. The zero-order valence-electron chi connectivity index (χ0n) is 13.8. The average Bonchev–Trinajstić information content (AvgIpc) is 3.30. The molecule has 130 valence electrons. The van der Waals surface area contributed by atoms with E-state index in [4.69, 9.17) is 15.5 Å². The number of fused-ring (bicyclic) bond motifs is 1. The lowest BCUT2D eigenvalue weighted by atomic mass is 9.87. The zero-order chi connectivity index (χ0) is 17.4. The van der Waals surface area contributed by atoms with Gasteiger partial charge in [-0.3, -0.25) is 9.89 Å². The number of aromatic amines is 1. The van der Waals surface area contributed by atoms with E-state index < -0.39 is 6.04 Å². The summed E-state index contributed by atoms with van der Waals surface area (Å²) in [4.78, 5) is 16.9. The predicted molar refractivity (Wildman–Crippen MR) is 90.8 cm³/mol. The maximum absolute atomic E-state index is 12.1. The number of hydrogen-bond acceptors (Lipinski definition) is 7. The quantitative estimate of drug-likeness (QED) is 0.599. The van der Waals surface area contributed by atoms with E-state index in [2.05, 4.69) is 20.6 Å². The molecule has 0 saturated carbocycles. The van der Waals surface area contributed by atoms with Crippen molar-refractivity contribution in [1.82, 2.24) is 30.1 Å². The summed E-state index contributed by atoms with van der Waals surface area (Å²) in [5.41, 5.74) is 9.30. The Hall–Kier alpha value is -2.94. The van der Waals surface area contributed by atoms with Gasteiger partial charge in [0.1, 0.15) is 11.9 Å². The van der Waals surface area contributed by atoms with E-state index in [0.717, 1.165) is 36.2 Å². The highest BCUT2D eigenvalue weighted by Gasteiger charge is 2.34. The molecule has 2 atom stereocenters. The maximum Gasteiger partial charge on any atom is 0.323 e. The zero-order valence-corrected chi connectivity index (χ0v) is 13.8. The number of nitrogens with one attached hydrogen (secondary N) is 2. The number of ether oxygens (including phenoxy) is 1. The molecule has 25 heavy (non-hydrogen) atoms. The molecule has 1 aliphatic heterocycles. The van der Waals surface area contributed by atoms with Crippen molar-refractivity contribution in [1.29, 1.82) is 0 Å². The van der Waals surface area contributed by atoms with Gasteiger partial charge in [-0.2, -0.15) is 14.7 Å². The summed E-state index contributed by atoms with van der Waals surface area (Å²) >= 11 is 0. The number of piperidine rings is 1. The van der Waals surface area contributed by atoms with Crippen molar-refractivity contribution in [2.45, 2.75) is 24.8 Å². The predicted octanol–water partition coefficient (Wildman–Crippen LogP) is 0.710. The van der Waals surface area contributed by atoms with E-state index in [-0.39, 0.29) is 11.9 Å². The van der Waals surface area contributed by atoms with Crippen LogP contribution in [0.25, 0.3) is 16.8 Å². The molecule has 0 amide bonds. The first-order valence-electron chi connectivity index (χ1n) is 8.13. The Morgan fingerprint density at radius 1 is 1.44 bits per heavy atom. The number of rotatable bonds is 3. The molecule has 4 heterocycles. The van der Waals surface area contributed by atoms with Gasteiger partial charge in [-0.05, 0) is 19.4 Å². The summed E-state index contributed by atoms with van der Waals surface area (Å²) in [6, 6.07) is 1.36. The van der Waals surface area contributed by atoms with Crippen molar-refractivity contribution >= 4 is 17.4 Å². The largest absolute Gasteiger partial charge is 0.468 e. The third kappa shape index (κ3) is 2.62. The highest BCUT2D eigenvalue weighted by molar-refractivity contribution is 5.79. The van der Waals surface area contributed by atoms with Crippen LogP contribution in [0.2, 0.25) is 0 Å². The number of esters is 1. The van der Waals surface area contributed by atoms with Crippen molar-refractivity contribution in [3.05, 3.63) is 30.4 Å². The van der Waals surface area contributed by atoms with Crippen LogP contribution in [0.15, 0.2) is 24.7 Å². The van der Waals surface area contributed by atoms with E-state index in [1.54, 1.807) is 29.2 Å². The molecule has 0 spiro atoms. The van der Waals surface area contributed by atoms with Crippen LogP contribution < -0.4 is 11.1 Å². The monoisotopic (exact) mass is 341 g/mol. The summed E-state index contributed by atoms with van der Waals surface area (Å²) in [5.74, 6) is 0.0954. The van der Waals surface area contributed by atoms with E-state index in [9.17, 15) is 4.79 Å². The standard InChI is InChI=1S/C16H19N7O2/c1-25-16(24)14-10(3-2-4-18-14)12-5-13(17)23-15(22-12)11(8-21-23)9-6-19-20-7-9/h5-8,10,14,18H,2-4,17H2,1H3,(H,19,20)/t10-,14+/m1/s1. The van der Waals surface area contributed by atoms with Crippen molar-refractivity contribution in [2.24, 2.45) is 0 Å². The number of anilines is 1. The molecule has 1 saturated heterocycles. The van der Waals surface area contributed by atoms with Crippen LogP contribution in [-0.4, -0.2) is 50.5 Å². The van der Waals surface area contributed by atoms with Gasteiger partial charge >= 0.3 is 5.97 Å². The molecule has 0 unspecified atom stereocenters. The first kappa shape index (κ1) is 15.6. The molecule has 3 aromatic heterocycles. The average molecular weight is 341 g/mol. The van der Waals surface area contributed by atoms with Gasteiger partial charge in [0.25, 0.3) is 0 Å². The molecule has 9 nitrogen and oxygen atoms in total. The maximum atomic E-state index is 12.1. The molecule has 3 aromatic rings. The Morgan fingerprint density at radius 2 is 2.32 bits per heavy atom. The summed E-state index contributed by atoms with van der Waals surface area (Å²) in [6.45, 7) is 0.779. The Labute approximate surface area is 143 Å². The van der Waals surface area contributed by atoms with Crippen LogP contribution >= 0.6 is 0 Å². The summed E-state index contributed by atoms with van der Waals surface area (Å²) in [7, 11) is 1.40. The first-order valence-corrected chi connectivity index (χ1v) is 8.13. The SMILES string of the molecule is COC(=O)[C@H]1NCCC[C@@H]1c1cc(N)n2ncc(-c3cn[nH]c3)c2n1. The van der Waals surface area contributed by atoms with Crippen LogP contribution in [0.5, 0.6) is 0 Å². The van der Waals surface area contributed by atoms with Crippen molar-refractivity contribution in [2.75, 3.05) is 19.4 Å². The topological polar surface area (TPSA) is 123 Å². The Kier molecular flexibility index (Phi) is 3.85. The van der Waals surface area contributed by atoms with Crippen LogP contribution in [-0.2, 0) is 9.53 Å². The number of carbonyl (C=O) groups is 1. The molecule has 0 radical (unpaired) electrons. The number of H-pyrrole nitrogens is 1. The van der Waals surface area contributed by atoms with Crippen molar-refractivity contribution in [3.8, 4) is 11.1 Å². The van der Waals surface area contributed by atoms with Gasteiger partial charge in [-0.25, -0.2) is 4.98 Å². The van der Waals surface area contributed by atoms with Gasteiger partial charge < -0.3 is 15.8 Å². The van der Waals surface area contributed by atoms with Crippen molar-refractivity contribution in [3.63, 3.8) is 0 Å². The van der Waals surface area contributed by atoms with Crippen LogP contribution in [0.1, 0.15) is 24.5 Å². The third-order valence-electron chi connectivity index (χ3n) is 4.62. The van der Waals surface area contributed by atoms with Gasteiger partial charge in [0, 0.05) is 29.3 Å². The third-order valence-corrected chi connectivity index (χ3v) is 4.62. The fourth-order valence-electron chi connectivity index (χ4n) is 3.38. The van der Waals surface area contributed by atoms with Gasteiger partial charge in [-0.1, -0.05) is 0 Å². The Bertz CT molecular complexity index is 903. The summed E-state index contributed by atoms with van der Waals surface area (Å²) in [5, 5.41) is 14.3. The van der Waals surface area contributed by atoms with Gasteiger partial charge in [0.15, 0.2) is 5.65 Å². The normalized spacial score (nSPS) is 20.7. The molecule has 0 bridgehead atoms. The minimum absolute atomic E-state index is 0.0967. The lowest BCUT2D eigenvalue weighted by Crippen LogP contribution is -2.46. The minimum atomic E-state index is -0.423. The number of carbonyl (C=O) groups excluding carboxylic acids is 1. The van der Waals surface area contributed by atoms with Crippen LogP contribution in [0.3, 0.4) is 0 Å². The highest BCUT2D eigenvalue weighted by Crippen LogP contribution is 2.31. The second kappa shape index (κ2) is 6.17. The van der Waals surface area contributed by atoms with E-state index in [0.29, 0.717) is 11.5 Å². The van der Waals surface area contributed by atoms with Gasteiger partial charge in [0.2, 0.25) is 0 Å². The van der Waals surface area contributed by atoms with Crippen LogP contribution in [0, 0.1) is 0 Å². The van der Waals surface area contributed by atoms with Crippen molar-refractivity contribution < 1.29 is 9.53 Å². The number of hydrogen-bond donors (Lipinski definition) is 3. The first-order chi connectivity index (χ1) is 12.2. The number of nitrogens with two attached hydrogens (primary N) is 1. The molecule has 1 aliphatic rings. The fourth-order valence-corrected chi connectivity index (χ4v) is 3.38. The smallest absolute Gasteiger partial charge is 0.323 e. The summed E-state index contributed by atoms with van der Waals surface area (Å²) < 4.78 is 6.53. The molecule has 4 rings (SSSR count). The Balaban J connectivity index is 1.82. The van der Waals surface area contributed by atoms with Gasteiger partial charge in [-0.15, -0.1) is 0 Å².